The summed E-state index contributed by atoms with van der Waals surface area (Å²) in [5.41, 5.74) is -7.41. The average molecular weight is 346 g/mol. The molecule has 1 aliphatic heterocycles. The number of nitrogens with one attached hydrogen (secondary N) is 1. The van der Waals surface area contributed by atoms with Gasteiger partial charge in [0.25, 0.3) is 5.56 Å². The standard InChI is InChI=1S/C11H11F5N2O5/c12-2-10(3-19)6(20)5(13)8(23-10)18-1-4(11(14,15)16)7(21)17-9(18)22/h1,5-6,8,19-20H,2-3H2,(H,17,21,22)/t5-,6-,8+,10+/m0/s1. The molecular weight excluding hydrogens is 335 g/mol. The Labute approximate surface area is 123 Å². The van der Waals surface area contributed by atoms with Gasteiger partial charge in [-0.15, -0.1) is 0 Å². The lowest BCUT2D eigenvalue weighted by molar-refractivity contribution is -0.144. The molecule has 1 fully saturated rings. The predicted molar refractivity (Wildman–Crippen MR) is 63.1 cm³/mol. The molecule has 1 aliphatic rings. The molecule has 3 N–H and O–H groups in total. The van der Waals surface area contributed by atoms with Crippen LogP contribution in [0.2, 0.25) is 0 Å². The Morgan fingerprint density at radius 3 is 2.43 bits per heavy atom. The number of hydrogen-bond donors (Lipinski definition) is 3. The van der Waals surface area contributed by atoms with Gasteiger partial charge in [-0.2, -0.15) is 13.2 Å². The van der Waals surface area contributed by atoms with Gasteiger partial charge < -0.3 is 14.9 Å². The van der Waals surface area contributed by atoms with E-state index in [1.54, 1.807) is 0 Å². The first-order valence-electron chi connectivity index (χ1n) is 6.17. The summed E-state index contributed by atoms with van der Waals surface area (Å²) < 4.78 is 69.9. The Balaban J connectivity index is 2.55. The zero-order valence-corrected chi connectivity index (χ0v) is 11.2. The maximum Gasteiger partial charge on any atom is 0.423 e. The van der Waals surface area contributed by atoms with E-state index in [9.17, 15) is 36.6 Å². The van der Waals surface area contributed by atoms with Gasteiger partial charge >= 0.3 is 11.9 Å². The van der Waals surface area contributed by atoms with Crippen LogP contribution in [-0.4, -0.2) is 50.9 Å². The van der Waals surface area contributed by atoms with Crippen LogP contribution in [-0.2, 0) is 10.9 Å². The largest absolute Gasteiger partial charge is 0.423 e. The van der Waals surface area contributed by atoms with Crippen molar-refractivity contribution in [2.75, 3.05) is 13.3 Å². The number of aliphatic hydroxyl groups is 2. The Bertz CT molecular complexity index is 695. The molecule has 1 aromatic heterocycles. The number of aliphatic hydroxyl groups excluding tert-OH is 2. The minimum Gasteiger partial charge on any atom is -0.393 e. The second-order valence-electron chi connectivity index (χ2n) is 4.96. The van der Waals surface area contributed by atoms with Crippen LogP contribution in [0.1, 0.15) is 11.8 Å². The number of alkyl halides is 5. The molecule has 0 bridgehead atoms. The maximum atomic E-state index is 14.1. The predicted octanol–water partition coefficient (Wildman–Crippen LogP) is -0.516. The van der Waals surface area contributed by atoms with Gasteiger partial charge in [-0.05, 0) is 0 Å². The molecule has 4 atom stereocenters. The topological polar surface area (TPSA) is 105 Å². The molecule has 23 heavy (non-hydrogen) atoms. The summed E-state index contributed by atoms with van der Waals surface area (Å²) in [5.74, 6) is 0. The summed E-state index contributed by atoms with van der Waals surface area (Å²) in [7, 11) is 0. The number of halogens is 5. The minimum atomic E-state index is -5.14. The van der Waals surface area contributed by atoms with E-state index in [4.69, 9.17) is 9.84 Å². The minimum absolute atomic E-state index is 0.0107. The highest BCUT2D eigenvalue weighted by Crippen LogP contribution is 2.39. The summed E-state index contributed by atoms with van der Waals surface area (Å²) in [5, 5.41) is 18.7. The molecule has 0 radical (unpaired) electrons. The fourth-order valence-corrected chi connectivity index (χ4v) is 2.19. The van der Waals surface area contributed by atoms with Crippen molar-refractivity contribution in [3.05, 3.63) is 32.6 Å². The summed E-state index contributed by atoms with van der Waals surface area (Å²) in [6.07, 6.45) is -12.0. The molecule has 130 valence electrons. The lowest BCUT2D eigenvalue weighted by Gasteiger charge is -2.26. The molecule has 0 aromatic carbocycles. The molecular formula is C11H11F5N2O5. The Kier molecular flexibility index (Phi) is 4.34. The second-order valence-corrected chi connectivity index (χ2v) is 4.96. The zero-order valence-electron chi connectivity index (χ0n) is 11.2. The fourth-order valence-electron chi connectivity index (χ4n) is 2.19. The van der Waals surface area contributed by atoms with Gasteiger partial charge in [0.15, 0.2) is 18.0 Å². The van der Waals surface area contributed by atoms with Gasteiger partial charge in [-0.1, -0.05) is 0 Å². The molecule has 0 aliphatic carbocycles. The third-order valence-electron chi connectivity index (χ3n) is 3.51. The van der Waals surface area contributed by atoms with Crippen molar-refractivity contribution in [1.82, 2.24) is 9.55 Å². The highest BCUT2D eigenvalue weighted by atomic mass is 19.4. The van der Waals surface area contributed by atoms with Crippen molar-refractivity contribution in [2.45, 2.75) is 30.3 Å². The van der Waals surface area contributed by atoms with Crippen LogP contribution in [0.15, 0.2) is 15.8 Å². The van der Waals surface area contributed by atoms with Crippen molar-refractivity contribution in [2.24, 2.45) is 0 Å². The maximum absolute atomic E-state index is 14.1. The molecule has 0 unspecified atom stereocenters. The zero-order chi connectivity index (χ0) is 17.6. The number of ether oxygens (including phenoxy) is 1. The first-order valence-corrected chi connectivity index (χ1v) is 6.17. The van der Waals surface area contributed by atoms with E-state index < -0.39 is 60.4 Å². The summed E-state index contributed by atoms with van der Waals surface area (Å²) >= 11 is 0. The summed E-state index contributed by atoms with van der Waals surface area (Å²) in [6.45, 7) is -2.72. The van der Waals surface area contributed by atoms with E-state index in [0.717, 1.165) is 0 Å². The van der Waals surface area contributed by atoms with E-state index in [1.165, 1.54) is 4.98 Å². The van der Waals surface area contributed by atoms with Crippen molar-refractivity contribution < 1.29 is 36.9 Å². The van der Waals surface area contributed by atoms with Gasteiger partial charge in [0.1, 0.15) is 18.3 Å². The SMILES string of the molecule is O=c1[nH]c(=O)n([C@@H]2O[C@@](CO)(CF)[C@@H](O)[C@@H]2F)cc1C(F)(F)F. The molecule has 7 nitrogen and oxygen atoms in total. The van der Waals surface area contributed by atoms with Crippen molar-refractivity contribution in [3.8, 4) is 0 Å². The van der Waals surface area contributed by atoms with E-state index in [0.29, 0.717) is 0 Å². The fraction of sp³-hybridized carbons (Fsp3) is 0.636. The number of H-pyrrole nitrogens is 1. The lowest BCUT2D eigenvalue weighted by Crippen LogP contribution is -2.47. The normalized spacial score (nSPS) is 31.5. The molecule has 0 amide bonds. The van der Waals surface area contributed by atoms with Gasteiger partial charge in [-0.3, -0.25) is 14.3 Å². The van der Waals surface area contributed by atoms with Crippen LogP contribution in [0.3, 0.4) is 0 Å². The van der Waals surface area contributed by atoms with Gasteiger partial charge in [0.05, 0.1) is 6.61 Å². The first kappa shape index (κ1) is 17.6. The van der Waals surface area contributed by atoms with Crippen LogP contribution >= 0.6 is 0 Å². The summed E-state index contributed by atoms with van der Waals surface area (Å²) in [6, 6.07) is 0. The average Bonchev–Trinajstić information content (AvgIpc) is 2.71. The number of aromatic nitrogens is 2. The van der Waals surface area contributed by atoms with E-state index >= 15 is 0 Å². The molecule has 0 spiro atoms. The van der Waals surface area contributed by atoms with E-state index in [-0.39, 0.29) is 10.8 Å². The number of rotatable bonds is 3. The highest BCUT2D eigenvalue weighted by molar-refractivity contribution is 5.11. The van der Waals surface area contributed by atoms with Crippen LogP contribution in [0.5, 0.6) is 0 Å². The van der Waals surface area contributed by atoms with Gasteiger partial charge in [0.2, 0.25) is 0 Å². The second kappa shape index (κ2) is 5.69. The Hall–Kier alpha value is -1.79. The molecule has 1 aromatic rings. The Morgan fingerprint density at radius 1 is 1.39 bits per heavy atom. The molecule has 1 saturated heterocycles. The molecule has 0 saturated carbocycles. The first-order chi connectivity index (χ1) is 10.6. The molecule has 12 heteroatoms. The molecule has 2 rings (SSSR count). The van der Waals surface area contributed by atoms with E-state index in [2.05, 4.69) is 0 Å². The summed E-state index contributed by atoms with van der Waals surface area (Å²) in [4.78, 5) is 24.1. The van der Waals surface area contributed by atoms with Crippen LogP contribution < -0.4 is 11.2 Å². The van der Waals surface area contributed by atoms with Crippen LogP contribution in [0.4, 0.5) is 22.0 Å². The number of aromatic amines is 1. The quantitative estimate of drug-likeness (QED) is 0.639. The van der Waals surface area contributed by atoms with Crippen molar-refractivity contribution in [3.63, 3.8) is 0 Å². The van der Waals surface area contributed by atoms with Crippen LogP contribution in [0, 0.1) is 0 Å². The lowest BCUT2D eigenvalue weighted by atomic mass is 9.98. The van der Waals surface area contributed by atoms with Crippen molar-refractivity contribution in [1.29, 1.82) is 0 Å². The van der Waals surface area contributed by atoms with Crippen LogP contribution in [0.25, 0.3) is 0 Å². The third kappa shape index (κ3) is 2.77. The third-order valence-corrected chi connectivity index (χ3v) is 3.51. The highest BCUT2D eigenvalue weighted by Gasteiger charge is 2.56. The monoisotopic (exact) mass is 346 g/mol. The van der Waals surface area contributed by atoms with E-state index in [1.807, 2.05) is 0 Å². The van der Waals surface area contributed by atoms with Gasteiger partial charge in [0, 0.05) is 6.20 Å². The number of nitrogens with zero attached hydrogens (tertiary/aromatic N) is 1. The smallest absolute Gasteiger partial charge is 0.393 e. The Morgan fingerprint density at radius 2 is 2.00 bits per heavy atom. The molecule has 2 heterocycles. The van der Waals surface area contributed by atoms with Crippen molar-refractivity contribution >= 4 is 0 Å². The van der Waals surface area contributed by atoms with Gasteiger partial charge in [-0.25, -0.2) is 13.6 Å². The number of hydrogen-bond acceptors (Lipinski definition) is 5.